The number of nitrogens with zero attached hydrogens (tertiary/aromatic N) is 1. The van der Waals surface area contributed by atoms with Gasteiger partial charge in [-0.3, -0.25) is 0 Å². The number of alkyl halides is 1. The van der Waals surface area contributed by atoms with Gasteiger partial charge in [-0.15, -0.1) is 0 Å². The zero-order valence-electron chi connectivity index (χ0n) is 8.56. The molecule has 1 aromatic rings. The molecule has 1 aliphatic rings. The predicted octanol–water partition coefficient (Wildman–Crippen LogP) is 1.64. The first-order valence-corrected chi connectivity index (χ1v) is 5.03. The summed E-state index contributed by atoms with van der Waals surface area (Å²) in [7, 11) is 0. The molecule has 1 fully saturated rings. The van der Waals surface area contributed by atoms with E-state index in [-0.39, 0.29) is 17.9 Å². The number of hydrogen-bond acceptors (Lipinski definition) is 3. The lowest BCUT2D eigenvalue weighted by Gasteiger charge is -2.18. The van der Waals surface area contributed by atoms with Crippen molar-refractivity contribution in [3.05, 3.63) is 23.8 Å². The van der Waals surface area contributed by atoms with Crippen molar-refractivity contribution in [3.8, 4) is 5.75 Å². The van der Waals surface area contributed by atoms with Crippen LogP contribution in [0.3, 0.4) is 0 Å². The third-order valence-electron chi connectivity index (χ3n) is 2.71. The van der Waals surface area contributed by atoms with E-state index in [4.69, 9.17) is 5.11 Å². The highest BCUT2D eigenvalue weighted by molar-refractivity contribution is 5.92. The molecule has 0 amide bonds. The lowest BCUT2D eigenvalue weighted by molar-refractivity contribution is 0.0694. The number of carboxylic acids is 1. The fourth-order valence-corrected chi connectivity index (χ4v) is 1.84. The largest absolute Gasteiger partial charge is 0.507 e. The Kier molecular flexibility index (Phi) is 2.68. The van der Waals surface area contributed by atoms with Crippen molar-refractivity contribution in [3.63, 3.8) is 0 Å². The van der Waals surface area contributed by atoms with Gasteiger partial charge in [0.1, 0.15) is 17.5 Å². The van der Waals surface area contributed by atoms with Crippen LogP contribution in [-0.2, 0) is 0 Å². The molecule has 2 N–H and O–H groups in total. The number of rotatable bonds is 2. The Morgan fingerprint density at radius 1 is 1.50 bits per heavy atom. The summed E-state index contributed by atoms with van der Waals surface area (Å²) < 4.78 is 13.0. The number of halogens is 1. The molecule has 0 aliphatic carbocycles. The minimum absolute atomic E-state index is 0.153. The van der Waals surface area contributed by atoms with Crippen LogP contribution in [0.5, 0.6) is 5.75 Å². The highest BCUT2D eigenvalue weighted by atomic mass is 19.1. The Morgan fingerprint density at radius 2 is 2.25 bits per heavy atom. The first-order valence-electron chi connectivity index (χ1n) is 5.03. The van der Waals surface area contributed by atoms with Crippen LogP contribution in [0.15, 0.2) is 18.2 Å². The van der Waals surface area contributed by atoms with Crippen LogP contribution in [-0.4, -0.2) is 35.4 Å². The molecule has 16 heavy (non-hydrogen) atoms. The Hall–Kier alpha value is -1.78. The SMILES string of the molecule is O=C(O)c1cc(N2CCC(F)C2)ccc1O. The molecular formula is C11H12FNO3. The summed E-state index contributed by atoms with van der Waals surface area (Å²) in [5, 5.41) is 18.2. The van der Waals surface area contributed by atoms with Crippen molar-refractivity contribution in [2.24, 2.45) is 0 Å². The Morgan fingerprint density at radius 3 is 2.81 bits per heavy atom. The van der Waals surface area contributed by atoms with Crippen LogP contribution >= 0.6 is 0 Å². The number of aromatic carboxylic acids is 1. The maximum absolute atomic E-state index is 13.0. The third kappa shape index (κ3) is 1.93. The Balaban J connectivity index is 2.29. The molecular weight excluding hydrogens is 213 g/mol. The first kappa shape index (κ1) is 10.7. The van der Waals surface area contributed by atoms with E-state index < -0.39 is 12.1 Å². The molecule has 0 aromatic heterocycles. The molecule has 1 unspecified atom stereocenters. The molecule has 1 saturated heterocycles. The summed E-state index contributed by atoms with van der Waals surface area (Å²) in [4.78, 5) is 12.6. The summed E-state index contributed by atoms with van der Waals surface area (Å²) in [6.45, 7) is 0.856. The van der Waals surface area contributed by atoms with Gasteiger partial charge in [-0.1, -0.05) is 0 Å². The zero-order chi connectivity index (χ0) is 11.7. The number of phenols is 1. The van der Waals surface area contributed by atoms with Gasteiger partial charge in [0.25, 0.3) is 0 Å². The Labute approximate surface area is 91.9 Å². The van der Waals surface area contributed by atoms with Gasteiger partial charge in [0, 0.05) is 18.8 Å². The lowest BCUT2D eigenvalue weighted by Crippen LogP contribution is -2.20. The second-order valence-electron chi connectivity index (χ2n) is 3.84. The van der Waals surface area contributed by atoms with Gasteiger partial charge in [0.2, 0.25) is 0 Å². The first-order chi connectivity index (χ1) is 7.58. The molecule has 1 atom stereocenters. The molecule has 1 aliphatic heterocycles. The topological polar surface area (TPSA) is 60.8 Å². The van der Waals surface area contributed by atoms with Gasteiger partial charge in [-0.25, -0.2) is 9.18 Å². The van der Waals surface area contributed by atoms with E-state index in [0.29, 0.717) is 18.7 Å². The average Bonchev–Trinajstić information content (AvgIpc) is 2.65. The van der Waals surface area contributed by atoms with Crippen LogP contribution < -0.4 is 4.90 Å². The lowest BCUT2D eigenvalue weighted by atomic mass is 10.1. The van der Waals surface area contributed by atoms with Gasteiger partial charge in [0.05, 0.1) is 0 Å². The fourth-order valence-electron chi connectivity index (χ4n) is 1.84. The van der Waals surface area contributed by atoms with E-state index in [1.165, 1.54) is 12.1 Å². The standard InChI is InChI=1S/C11H12FNO3/c12-7-3-4-13(6-7)8-1-2-10(14)9(5-8)11(15)16/h1-2,5,7,14H,3-4,6H2,(H,15,16). The van der Waals surface area contributed by atoms with Gasteiger partial charge in [-0.2, -0.15) is 0 Å². The highest BCUT2D eigenvalue weighted by Crippen LogP contribution is 2.27. The predicted molar refractivity (Wildman–Crippen MR) is 56.8 cm³/mol. The molecule has 2 rings (SSSR count). The molecule has 1 heterocycles. The van der Waals surface area contributed by atoms with Crippen LogP contribution in [0, 0.1) is 0 Å². The van der Waals surface area contributed by atoms with Crippen molar-refractivity contribution in [2.45, 2.75) is 12.6 Å². The van der Waals surface area contributed by atoms with E-state index in [1.807, 2.05) is 0 Å². The summed E-state index contributed by atoms with van der Waals surface area (Å²) in [5.74, 6) is -1.46. The normalized spacial score (nSPS) is 20.1. The van der Waals surface area contributed by atoms with E-state index in [9.17, 15) is 14.3 Å². The van der Waals surface area contributed by atoms with E-state index in [2.05, 4.69) is 0 Å². The van der Waals surface area contributed by atoms with Crippen molar-refractivity contribution >= 4 is 11.7 Å². The second kappa shape index (κ2) is 4.00. The van der Waals surface area contributed by atoms with Crippen LogP contribution in [0.4, 0.5) is 10.1 Å². The maximum atomic E-state index is 13.0. The van der Waals surface area contributed by atoms with Gasteiger partial charge < -0.3 is 15.1 Å². The monoisotopic (exact) mass is 225 g/mol. The molecule has 0 radical (unpaired) electrons. The minimum atomic E-state index is -1.18. The van der Waals surface area contributed by atoms with Crippen molar-refractivity contribution in [2.75, 3.05) is 18.0 Å². The fraction of sp³-hybridized carbons (Fsp3) is 0.364. The van der Waals surface area contributed by atoms with Crippen molar-refractivity contribution in [1.82, 2.24) is 0 Å². The smallest absolute Gasteiger partial charge is 0.339 e. The zero-order valence-corrected chi connectivity index (χ0v) is 8.56. The summed E-state index contributed by atoms with van der Waals surface area (Å²) >= 11 is 0. The molecule has 0 saturated carbocycles. The van der Waals surface area contributed by atoms with Gasteiger partial charge in [0.15, 0.2) is 0 Å². The van der Waals surface area contributed by atoms with Crippen LogP contribution in [0.25, 0.3) is 0 Å². The van der Waals surface area contributed by atoms with Gasteiger partial charge in [-0.05, 0) is 24.6 Å². The van der Waals surface area contributed by atoms with E-state index >= 15 is 0 Å². The van der Waals surface area contributed by atoms with Crippen molar-refractivity contribution < 1.29 is 19.4 Å². The van der Waals surface area contributed by atoms with E-state index in [0.717, 1.165) is 0 Å². The molecule has 0 spiro atoms. The Bertz CT molecular complexity index is 422. The molecule has 5 heteroatoms. The minimum Gasteiger partial charge on any atom is -0.507 e. The van der Waals surface area contributed by atoms with Crippen LogP contribution in [0.2, 0.25) is 0 Å². The quantitative estimate of drug-likeness (QED) is 0.803. The number of hydrogen-bond donors (Lipinski definition) is 2. The van der Waals surface area contributed by atoms with Crippen LogP contribution in [0.1, 0.15) is 16.8 Å². The summed E-state index contributed by atoms with van der Waals surface area (Å²) in [6.07, 6.45) is -0.398. The van der Waals surface area contributed by atoms with Crippen molar-refractivity contribution in [1.29, 1.82) is 0 Å². The number of carboxylic acid groups (broad SMARTS) is 1. The number of anilines is 1. The summed E-state index contributed by atoms with van der Waals surface area (Å²) in [5.41, 5.74) is 0.482. The molecule has 4 nitrogen and oxygen atoms in total. The highest BCUT2D eigenvalue weighted by Gasteiger charge is 2.23. The average molecular weight is 225 g/mol. The third-order valence-corrected chi connectivity index (χ3v) is 2.71. The number of aromatic hydroxyl groups is 1. The summed E-state index contributed by atoms with van der Waals surface area (Å²) in [6, 6.07) is 4.29. The van der Waals surface area contributed by atoms with E-state index in [1.54, 1.807) is 11.0 Å². The molecule has 86 valence electrons. The molecule has 1 aromatic carbocycles. The maximum Gasteiger partial charge on any atom is 0.339 e. The second-order valence-corrected chi connectivity index (χ2v) is 3.84. The molecule has 0 bridgehead atoms. The number of carbonyl (C=O) groups is 1. The number of benzene rings is 1. The van der Waals surface area contributed by atoms with Gasteiger partial charge >= 0.3 is 5.97 Å².